The zero-order valence-electron chi connectivity index (χ0n) is 3.45. The molecular weight excluding hydrogens is 662 g/mol. The van der Waals surface area contributed by atoms with Crippen LogP contribution >= 0.6 is 0 Å². The van der Waals surface area contributed by atoms with Crippen molar-refractivity contribution >= 4 is 4.26 Å². The van der Waals surface area contributed by atoms with Gasteiger partial charge in [0.15, 0.2) is 0 Å². The normalized spacial score (nSPS) is 4.71. The maximum atomic E-state index is 9.72. The van der Waals surface area contributed by atoms with Crippen molar-refractivity contribution < 1.29 is 75.5 Å². The monoisotopic (exact) mass is 667 g/mol. The van der Waals surface area contributed by atoms with E-state index in [9.17, 15) is 4.79 Å². The minimum atomic E-state index is 0. The van der Waals surface area contributed by atoms with E-state index in [1.54, 1.807) is 0 Å². The molecule has 0 aliphatic carbocycles. The molecule has 0 spiro atoms. The molecule has 0 bridgehead atoms. The van der Waals surface area contributed by atoms with E-state index < -0.39 is 0 Å². The van der Waals surface area contributed by atoms with E-state index in [1.807, 2.05) is 0 Å². The van der Waals surface area contributed by atoms with E-state index in [4.69, 9.17) is 0 Å². The summed E-state index contributed by atoms with van der Waals surface area (Å²) in [6.07, 6.45) is 1.30. The van der Waals surface area contributed by atoms with Crippen LogP contribution in [-0.4, -0.2) is 4.26 Å². The van der Waals surface area contributed by atoms with E-state index in [2.05, 4.69) is 6.58 Å². The molecule has 1 radical (unpaired) electrons. The molecule has 0 rings (SSSR count). The van der Waals surface area contributed by atoms with Crippen LogP contribution in [0.1, 0.15) is 0 Å². The molecule has 0 aliphatic heterocycles. The fourth-order valence-corrected chi connectivity index (χ4v) is 0. The van der Waals surface area contributed by atoms with E-state index in [1.165, 1.54) is 6.08 Å². The molecule has 0 aromatic carbocycles. The number of carbonyl (C=O) groups excluding carboxylic acids is 1. The van der Waals surface area contributed by atoms with Gasteiger partial charge in [-0.25, -0.2) is 0 Å². The summed E-state index contributed by atoms with van der Waals surface area (Å²) in [5.74, 6) is 0. The summed E-state index contributed by atoms with van der Waals surface area (Å²) in [5.41, 5.74) is 0. The predicted molar refractivity (Wildman–Crippen MR) is 15.2 cm³/mol. The fourth-order valence-electron chi connectivity index (χ4n) is 0. The Morgan fingerprint density at radius 2 is 1.86 bits per heavy atom. The summed E-state index contributed by atoms with van der Waals surface area (Å²) in [7, 11) is 0. The molecule has 0 amide bonds. The van der Waals surface area contributed by atoms with E-state index in [0.29, 0.717) is 0 Å². The molecule has 7 heavy (non-hydrogen) atoms. The Morgan fingerprint density at radius 1 is 1.71 bits per heavy atom. The third kappa shape index (κ3) is 18.2. The van der Waals surface area contributed by atoms with Gasteiger partial charge in [0, 0.05) is 51.5 Å². The smallest absolute Gasteiger partial charge is 0 e. The summed E-state index contributed by atoms with van der Waals surface area (Å²) in [5, 5.41) is 0. The zero-order valence-corrected chi connectivity index (χ0v) is 13.0. The van der Waals surface area contributed by atoms with Crippen molar-refractivity contribution in [2.45, 2.75) is 0 Å². The summed E-state index contributed by atoms with van der Waals surface area (Å²) in [6.45, 7) is 3.22. The first kappa shape index (κ1) is 15.9. The average molecular weight is 665 g/mol. The van der Waals surface area contributed by atoms with Crippen LogP contribution in [-0.2, 0) is 44.4 Å². The number of carbonyl (C=O) groups is 1. The molecule has 0 atom stereocenters. The molecule has 0 aromatic rings. The van der Waals surface area contributed by atoms with Gasteiger partial charge in [0.2, 0.25) is 0 Å². The second-order valence-electron chi connectivity index (χ2n) is 0.508. The summed E-state index contributed by atoms with van der Waals surface area (Å²) < 4.78 is 0.0741. The molecule has 39 valence electrons. The van der Waals surface area contributed by atoms with Gasteiger partial charge < -0.3 is 0 Å². The van der Waals surface area contributed by atoms with Crippen molar-refractivity contribution in [1.82, 2.24) is 0 Å². The van der Waals surface area contributed by atoms with Crippen molar-refractivity contribution in [3.8, 4) is 0 Å². The topological polar surface area (TPSA) is 17.1 Å². The first-order chi connectivity index (χ1) is 2.27. The molecule has 0 saturated heterocycles. The number of rotatable bonds is 1. The summed E-state index contributed by atoms with van der Waals surface area (Å²) >= 11 is 1.12. The Hall–Kier alpha value is 1.79. The maximum absolute atomic E-state index is 9.72. The van der Waals surface area contributed by atoms with Crippen molar-refractivity contribution in [3.05, 3.63) is 12.7 Å². The Kier molecular flexibility index (Phi) is 24.3. The van der Waals surface area contributed by atoms with Crippen LogP contribution < -0.4 is 0 Å². The number of hydrogen-bond donors (Lipinski definition) is 0. The van der Waals surface area contributed by atoms with Gasteiger partial charge in [0.25, 0.3) is 0 Å². The van der Waals surface area contributed by atoms with Gasteiger partial charge in [-0.1, -0.05) is 0 Å². The summed E-state index contributed by atoms with van der Waals surface area (Å²) in [6, 6.07) is 0. The van der Waals surface area contributed by atoms with Gasteiger partial charge in [-0.2, -0.15) is 0 Å². The van der Waals surface area contributed by atoms with Crippen molar-refractivity contribution in [1.29, 1.82) is 0 Å². The van der Waals surface area contributed by atoms with E-state index in [0.717, 1.165) is 19.2 Å². The largest absolute Gasteiger partial charge is 0 e. The van der Waals surface area contributed by atoms with Gasteiger partial charge in [-0.3, -0.25) is 0 Å². The second kappa shape index (κ2) is 10.7. The molecule has 0 unspecified atom stereocenters. The van der Waals surface area contributed by atoms with Gasteiger partial charge in [0.1, 0.15) is 0 Å². The van der Waals surface area contributed by atoms with Gasteiger partial charge in [0.05, 0.1) is 0 Å². The molecule has 4 heteroatoms. The van der Waals surface area contributed by atoms with Crippen LogP contribution in [0.3, 0.4) is 0 Å². The minimum absolute atomic E-state index is 0. The third-order valence-corrected chi connectivity index (χ3v) is 0.715. The Labute approximate surface area is 91.1 Å². The van der Waals surface area contributed by atoms with Crippen LogP contribution in [0.4, 0.5) is 0 Å². The zero-order chi connectivity index (χ0) is 4.28. The fraction of sp³-hybridized carbons (Fsp3) is 0. The Bertz CT molecular complexity index is 64.0. The van der Waals surface area contributed by atoms with E-state index >= 15 is 0 Å². The first-order valence-corrected chi connectivity index (χ1v) is 2.45. The van der Waals surface area contributed by atoms with Crippen LogP contribution in [0.5, 0.6) is 0 Å². The average Bonchev–Trinajstić information content (AvgIpc) is 1.38. The van der Waals surface area contributed by atoms with E-state index in [-0.39, 0.29) is 55.8 Å². The molecule has 0 N–H and O–H groups in total. The van der Waals surface area contributed by atoms with Crippen LogP contribution in [0.25, 0.3) is 0 Å². The standard InChI is InChI=1S/C3H3O.2Re.U/c1-2-3-4;;;/h2H,1H2;;;. The molecule has 0 heterocycles. The number of allylic oxidation sites excluding steroid dienone is 1. The van der Waals surface area contributed by atoms with Crippen molar-refractivity contribution in [2.75, 3.05) is 0 Å². The van der Waals surface area contributed by atoms with Gasteiger partial charge in [-0.15, -0.1) is 0 Å². The summed E-state index contributed by atoms with van der Waals surface area (Å²) in [4.78, 5) is 9.72. The van der Waals surface area contributed by atoms with Crippen molar-refractivity contribution in [3.63, 3.8) is 0 Å². The van der Waals surface area contributed by atoms with Crippen LogP contribution in [0.2, 0.25) is 0 Å². The van der Waals surface area contributed by atoms with Crippen molar-refractivity contribution in [2.24, 2.45) is 0 Å². The minimum Gasteiger partial charge on any atom is 0 e. The third-order valence-electron chi connectivity index (χ3n) is 0.160. The molecule has 0 aromatic heterocycles. The Balaban J connectivity index is -0.0000000800. The first-order valence-electron chi connectivity index (χ1n) is 1.09. The Morgan fingerprint density at radius 3 is 1.86 bits per heavy atom. The molecular formula is C3H3ORe2U. The van der Waals surface area contributed by atoms with Crippen LogP contribution in [0, 0.1) is 31.1 Å². The predicted octanol–water partition coefficient (Wildman–Crippen LogP) is 0.243. The molecule has 1 nitrogen and oxygen atoms in total. The second-order valence-corrected chi connectivity index (χ2v) is 1.85. The molecule has 0 fully saturated rings. The van der Waals surface area contributed by atoms with Gasteiger partial charge in [-0.05, 0) is 0 Å². The van der Waals surface area contributed by atoms with Gasteiger partial charge >= 0.3 is 40.9 Å². The maximum Gasteiger partial charge on any atom is 0 e. The number of hydrogen-bond acceptors (Lipinski definition) is 1. The SMILES string of the molecule is C=C[C](=O)[Re].[Re].[U]. The quantitative estimate of drug-likeness (QED) is 0.368. The van der Waals surface area contributed by atoms with Crippen LogP contribution in [0.15, 0.2) is 12.7 Å². The molecule has 0 saturated carbocycles. The molecule has 0 aliphatic rings.